The van der Waals surface area contributed by atoms with Crippen LogP contribution >= 0.6 is 0 Å². The van der Waals surface area contributed by atoms with Crippen molar-refractivity contribution in [2.75, 3.05) is 13.2 Å². The van der Waals surface area contributed by atoms with Crippen LogP contribution in [0.25, 0.3) is 0 Å². The normalized spacial score (nSPS) is 25.8. The van der Waals surface area contributed by atoms with Crippen LogP contribution in [0.2, 0.25) is 0 Å². The molecular weight excluding hydrogens is 312 g/mol. The third-order valence-electron chi connectivity index (χ3n) is 4.86. The number of fused-ring (bicyclic) bond motifs is 1. The molecule has 0 bridgehead atoms. The van der Waals surface area contributed by atoms with Crippen molar-refractivity contribution in [2.45, 2.75) is 37.5 Å². The number of Topliss-reactive ketones (excluding diaryl/α,β-unsaturated/α-hetero) is 1. The van der Waals surface area contributed by atoms with Crippen molar-refractivity contribution in [1.82, 2.24) is 4.90 Å². The fourth-order valence-corrected chi connectivity index (χ4v) is 3.57. The average molecular weight is 332 g/mol. The minimum atomic E-state index is -1.63. The maximum absolute atomic E-state index is 12.6. The molecule has 2 aliphatic rings. The van der Waals surface area contributed by atoms with Gasteiger partial charge in [-0.2, -0.15) is 0 Å². The highest BCUT2D eigenvalue weighted by molar-refractivity contribution is 6.15. The van der Waals surface area contributed by atoms with Crippen molar-refractivity contribution >= 4 is 17.6 Å². The summed E-state index contributed by atoms with van der Waals surface area (Å²) < 4.78 is 5.35. The van der Waals surface area contributed by atoms with E-state index in [1.165, 1.54) is 4.90 Å². The number of rotatable bonds is 5. The summed E-state index contributed by atoms with van der Waals surface area (Å²) >= 11 is 0. The Kier molecular flexibility index (Phi) is 4.38. The van der Waals surface area contributed by atoms with Gasteiger partial charge in [-0.15, -0.1) is 0 Å². The van der Waals surface area contributed by atoms with Crippen molar-refractivity contribution in [3.05, 3.63) is 35.4 Å². The summed E-state index contributed by atoms with van der Waals surface area (Å²) in [6.45, 7) is 0.0826. The summed E-state index contributed by atoms with van der Waals surface area (Å²) in [4.78, 5) is 38.1. The maximum Gasteiger partial charge on any atom is 0.254 e. The molecule has 2 unspecified atom stereocenters. The van der Waals surface area contributed by atoms with Gasteiger partial charge in [0, 0.05) is 13.0 Å². The summed E-state index contributed by atoms with van der Waals surface area (Å²) in [5, 5.41) is 9.03. The lowest BCUT2D eigenvalue weighted by atomic mass is 9.89. The molecule has 1 aromatic carbocycles. The predicted molar refractivity (Wildman–Crippen MR) is 83.7 cm³/mol. The van der Waals surface area contributed by atoms with Crippen LogP contribution in [0.15, 0.2) is 24.3 Å². The Hall–Kier alpha value is -2.25. The monoisotopic (exact) mass is 332 g/mol. The van der Waals surface area contributed by atoms with Crippen molar-refractivity contribution in [1.29, 1.82) is 0 Å². The number of aryl methyl sites for hydroxylation is 1. The molecule has 0 radical (unpaired) electrons. The third kappa shape index (κ3) is 2.50. The first-order valence-corrected chi connectivity index (χ1v) is 7.94. The van der Waals surface area contributed by atoms with Crippen LogP contribution in [-0.2, 0) is 32.1 Å². The van der Waals surface area contributed by atoms with E-state index in [0.29, 0.717) is 19.4 Å². The molecule has 0 aliphatic carbocycles. The Bertz CT molecular complexity index is 672. The molecule has 7 heteroatoms. The minimum absolute atomic E-state index is 0.0301. The van der Waals surface area contributed by atoms with Gasteiger partial charge in [0.25, 0.3) is 5.91 Å². The molecule has 2 aliphatic heterocycles. The minimum Gasteiger partial charge on any atom is -0.392 e. The number of benzene rings is 1. The molecule has 3 N–H and O–H groups in total. The highest BCUT2D eigenvalue weighted by Gasteiger charge is 2.64. The second kappa shape index (κ2) is 6.33. The number of nitrogens with zero attached hydrogens (tertiary/aromatic N) is 1. The number of aliphatic hydroxyl groups is 1. The molecule has 0 aromatic heterocycles. The molecule has 2 amide bonds. The SMILES string of the molecule is NC(=O)C12C(=O)COC1CCN2C(=O)CCc1ccc(CO)cc1. The van der Waals surface area contributed by atoms with Crippen LogP contribution in [0.5, 0.6) is 0 Å². The summed E-state index contributed by atoms with van der Waals surface area (Å²) in [5.41, 5.74) is 5.59. The van der Waals surface area contributed by atoms with E-state index in [1.54, 1.807) is 12.1 Å². The van der Waals surface area contributed by atoms with Gasteiger partial charge in [0.15, 0.2) is 5.78 Å². The number of hydrogen-bond donors (Lipinski definition) is 2. The van der Waals surface area contributed by atoms with E-state index in [0.717, 1.165) is 11.1 Å². The van der Waals surface area contributed by atoms with Gasteiger partial charge in [0.1, 0.15) is 6.61 Å². The number of carbonyl (C=O) groups excluding carboxylic acids is 3. The smallest absolute Gasteiger partial charge is 0.254 e. The van der Waals surface area contributed by atoms with E-state index >= 15 is 0 Å². The van der Waals surface area contributed by atoms with E-state index in [1.807, 2.05) is 12.1 Å². The first-order chi connectivity index (χ1) is 11.5. The Morgan fingerprint density at radius 2 is 1.96 bits per heavy atom. The summed E-state index contributed by atoms with van der Waals surface area (Å²) in [7, 11) is 0. The van der Waals surface area contributed by atoms with Crippen LogP contribution in [0.3, 0.4) is 0 Å². The molecule has 128 valence electrons. The average Bonchev–Trinajstić information content (AvgIpc) is 3.12. The third-order valence-corrected chi connectivity index (χ3v) is 4.86. The molecule has 1 aromatic rings. The van der Waals surface area contributed by atoms with Gasteiger partial charge in [0.2, 0.25) is 11.4 Å². The molecule has 7 nitrogen and oxygen atoms in total. The van der Waals surface area contributed by atoms with Crippen molar-refractivity contribution in [3.8, 4) is 0 Å². The van der Waals surface area contributed by atoms with Crippen LogP contribution in [-0.4, -0.2) is 52.4 Å². The van der Waals surface area contributed by atoms with Gasteiger partial charge >= 0.3 is 0 Å². The molecule has 0 saturated carbocycles. The van der Waals surface area contributed by atoms with Crippen LogP contribution in [0.4, 0.5) is 0 Å². The van der Waals surface area contributed by atoms with Gasteiger partial charge in [0.05, 0.1) is 12.7 Å². The lowest BCUT2D eigenvalue weighted by Crippen LogP contribution is -2.63. The number of amides is 2. The first kappa shape index (κ1) is 16.6. The first-order valence-electron chi connectivity index (χ1n) is 7.94. The number of likely N-dealkylation sites (tertiary alicyclic amines) is 1. The van der Waals surface area contributed by atoms with Crippen LogP contribution in [0, 0.1) is 0 Å². The van der Waals surface area contributed by atoms with Gasteiger partial charge in [-0.25, -0.2) is 0 Å². The standard InChI is InChI=1S/C17H20N2O5/c18-16(23)17-13(21)10-24-14(17)7-8-19(17)15(22)6-5-11-1-3-12(9-20)4-2-11/h1-4,14,20H,5-10H2,(H2,18,23). The summed E-state index contributed by atoms with van der Waals surface area (Å²) in [5.74, 6) is -1.52. The molecule has 24 heavy (non-hydrogen) atoms. The van der Waals surface area contributed by atoms with Gasteiger partial charge < -0.3 is 20.5 Å². The van der Waals surface area contributed by atoms with E-state index < -0.39 is 23.3 Å². The molecule has 3 rings (SSSR count). The number of primary amides is 1. The number of nitrogens with two attached hydrogens (primary N) is 1. The number of ketones is 1. The fourth-order valence-electron chi connectivity index (χ4n) is 3.57. The Balaban J connectivity index is 1.72. The highest BCUT2D eigenvalue weighted by atomic mass is 16.5. The van der Waals surface area contributed by atoms with Gasteiger partial charge in [-0.1, -0.05) is 24.3 Å². The van der Waals surface area contributed by atoms with E-state index in [9.17, 15) is 14.4 Å². The summed E-state index contributed by atoms with van der Waals surface area (Å²) in [6, 6.07) is 7.29. The van der Waals surface area contributed by atoms with Crippen molar-refractivity contribution in [3.63, 3.8) is 0 Å². The van der Waals surface area contributed by atoms with Crippen LogP contribution in [0.1, 0.15) is 24.0 Å². The zero-order chi connectivity index (χ0) is 17.3. The van der Waals surface area contributed by atoms with Gasteiger partial charge in [-0.05, 0) is 24.0 Å². The van der Waals surface area contributed by atoms with E-state index in [4.69, 9.17) is 15.6 Å². The number of aliphatic hydroxyl groups excluding tert-OH is 1. The second-order valence-electron chi connectivity index (χ2n) is 6.16. The Labute approximate surface area is 139 Å². The predicted octanol–water partition coefficient (Wildman–Crippen LogP) is -0.464. The summed E-state index contributed by atoms with van der Waals surface area (Å²) in [6.07, 6.45) is 0.463. The number of carbonyl (C=O) groups is 3. The second-order valence-corrected chi connectivity index (χ2v) is 6.16. The van der Waals surface area contributed by atoms with Crippen molar-refractivity contribution < 1.29 is 24.2 Å². The molecular formula is C17H20N2O5. The zero-order valence-electron chi connectivity index (χ0n) is 13.2. The Morgan fingerprint density at radius 1 is 1.29 bits per heavy atom. The Morgan fingerprint density at radius 3 is 2.58 bits per heavy atom. The van der Waals surface area contributed by atoms with E-state index in [-0.39, 0.29) is 25.5 Å². The quantitative estimate of drug-likeness (QED) is 0.709. The molecule has 0 spiro atoms. The lowest BCUT2D eigenvalue weighted by Gasteiger charge is -2.32. The largest absolute Gasteiger partial charge is 0.392 e. The van der Waals surface area contributed by atoms with Gasteiger partial charge in [-0.3, -0.25) is 14.4 Å². The maximum atomic E-state index is 12.6. The fraction of sp³-hybridized carbons (Fsp3) is 0.471. The number of hydrogen-bond acceptors (Lipinski definition) is 5. The number of ether oxygens (including phenoxy) is 1. The van der Waals surface area contributed by atoms with E-state index in [2.05, 4.69) is 0 Å². The zero-order valence-corrected chi connectivity index (χ0v) is 13.2. The molecule has 2 fully saturated rings. The highest BCUT2D eigenvalue weighted by Crippen LogP contribution is 2.38. The van der Waals surface area contributed by atoms with Crippen molar-refractivity contribution in [2.24, 2.45) is 5.73 Å². The topological polar surface area (TPSA) is 110 Å². The molecule has 2 atom stereocenters. The van der Waals surface area contributed by atoms with Crippen LogP contribution < -0.4 is 5.73 Å². The lowest BCUT2D eigenvalue weighted by molar-refractivity contribution is -0.150. The molecule has 2 saturated heterocycles. The molecule has 2 heterocycles.